The number of hydrogen-bond acceptors (Lipinski definition) is 6. The molecule has 2 fully saturated rings. The van der Waals surface area contributed by atoms with Crippen LogP contribution in [-0.2, 0) is 7.05 Å². The van der Waals surface area contributed by atoms with E-state index >= 15 is 0 Å². The van der Waals surface area contributed by atoms with Gasteiger partial charge in [-0.3, -0.25) is 9.69 Å². The van der Waals surface area contributed by atoms with Crippen LogP contribution in [0.25, 0.3) is 5.65 Å². The van der Waals surface area contributed by atoms with E-state index in [-0.39, 0.29) is 23.4 Å². The third-order valence-electron chi connectivity index (χ3n) is 6.71. The van der Waals surface area contributed by atoms with E-state index in [1.165, 1.54) is 0 Å². The first-order valence-corrected chi connectivity index (χ1v) is 10.2. The van der Waals surface area contributed by atoms with Gasteiger partial charge in [0.05, 0.1) is 11.7 Å². The lowest BCUT2D eigenvalue weighted by molar-refractivity contribution is 0.0921. The van der Waals surface area contributed by atoms with E-state index in [0.29, 0.717) is 5.56 Å². The molecule has 0 aromatic carbocycles. The lowest BCUT2D eigenvalue weighted by Crippen LogP contribution is -2.40. The van der Waals surface area contributed by atoms with E-state index in [1.807, 2.05) is 42.9 Å². The number of aryl methyl sites for hydroxylation is 2. The highest BCUT2D eigenvalue weighted by molar-refractivity contribution is 5.95. The molecule has 1 amide bonds. The van der Waals surface area contributed by atoms with E-state index in [0.717, 1.165) is 49.5 Å². The van der Waals surface area contributed by atoms with Gasteiger partial charge in [0, 0.05) is 31.0 Å². The van der Waals surface area contributed by atoms with Crippen LogP contribution in [0, 0.1) is 12.3 Å². The van der Waals surface area contributed by atoms with Gasteiger partial charge in [-0.1, -0.05) is 0 Å². The Morgan fingerprint density at radius 1 is 1.34 bits per heavy atom. The van der Waals surface area contributed by atoms with Gasteiger partial charge in [-0.2, -0.15) is 0 Å². The Balaban J connectivity index is 1.19. The SMILES string of the molecule is Cc1cn2ccc(C(=O)NC3CC34CCN(C(C)c3nnnn3C)CC4)cc2n1. The molecule has 29 heavy (non-hydrogen) atoms. The minimum Gasteiger partial charge on any atom is -0.349 e. The number of nitrogens with zero attached hydrogens (tertiary/aromatic N) is 7. The number of aromatic nitrogens is 6. The lowest BCUT2D eigenvalue weighted by Gasteiger charge is -2.36. The zero-order valence-corrected chi connectivity index (χ0v) is 17.0. The van der Waals surface area contributed by atoms with Crippen molar-refractivity contribution in [3.8, 4) is 0 Å². The third-order valence-corrected chi connectivity index (χ3v) is 6.71. The first-order valence-electron chi connectivity index (χ1n) is 10.2. The van der Waals surface area contributed by atoms with Crippen LogP contribution >= 0.6 is 0 Å². The van der Waals surface area contributed by atoms with Crippen molar-refractivity contribution in [3.63, 3.8) is 0 Å². The van der Waals surface area contributed by atoms with Crippen LogP contribution in [0.2, 0.25) is 0 Å². The summed E-state index contributed by atoms with van der Waals surface area (Å²) in [5.74, 6) is 0.891. The van der Waals surface area contributed by atoms with Crippen LogP contribution in [0.4, 0.5) is 0 Å². The predicted octanol–water partition coefficient (Wildman–Crippen LogP) is 1.51. The summed E-state index contributed by atoms with van der Waals surface area (Å²) in [5, 5.41) is 15.1. The average Bonchev–Trinajstić information content (AvgIpc) is 3.03. The van der Waals surface area contributed by atoms with Crippen molar-refractivity contribution in [2.75, 3.05) is 13.1 Å². The number of pyridine rings is 1. The summed E-state index contributed by atoms with van der Waals surface area (Å²) >= 11 is 0. The number of nitrogens with one attached hydrogen (secondary N) is 1. The molecule has 152 valence electrons. The fourth-order valence-electron chi connectivity index (χ4n) is 4.71. The molecule has 3 aromatic rings. The van der Waals surface area contributed by atoms with Crippen LogP contribution in [0.5, 0.6) is 0 Å². The van der Waals surface area contributed by atoms with Crippen molar-refractivity contribution in [1.82, 2.24) is 39.8 Å². The van der Waals surface area contributed by atoms with Crippen LogP contribution < -0.4 is 5.32 Å². The molecule has 5 rings (SSSR count). The second-order valence-electron chi connectivity index (χ2n) is 8.53. The standard InChI is InChI=1S/C20H26N8O/c1-13-12-28-7-4-15(10-17(28)21-13)19(29)22-16-11-20(16)5-8-27(9-6-20)14(2)18-23-24-25-26(18)3/h4,7,10,12,14,16H,5-6,8-9,11H2,1-3H3,(H,22,29). The zero-order chi connectivity index (χ0) is 20.2. The Labute approximate surface area is 169 Å². The molecule has 1 aliphatic carbocycles. The maximum absolute atomic E-state index is 12.8. The summed E-state index contributed by atoms with van der Waals surface area (Å²) in [6, 6.07) is 4.18. The smallest absolute Gasteiger partial charge is 0.251 e. The minimum absolute atomic E-state index is 0.00372. The van der Waals surface area contributed by atoms with E-state index in [9.17, 15) is 4.79 Å². The topological polar surface area (TPSA) is 93.2 Å². The second-order valence-corrected chi connectivity index (χ2v) is 8.53. The molecular formula is C20H26N8O. The first kappa shape index (κ1) is 18.2. The minimum atomic E-state index is -0.00372. The van der Waals surface area contributed by atoms with Crippen LogP contribution in [0.15, 0.2) is 24.5 Å². The van der Waals surface area contributed by atoms with Gasteiger partial charge in [-0.15, -0.1) is 5.10 Å². The highest BCUT2D eigenvalue weighted by Gasteiger charge is 2.55. The Hall–Kier alpha value is -2.81. The second kappa shape index (κ2) is 6.62. The molecule has 1 saturated carbocycles. The highest BCUT2D eigenvalue weighted by Crippen LogP contribution is 2.54. The molecule has 3 aromatic heterocycles. The summed E-state index contributed by atoms with van der Waals surface area (Å²) in [4.78, 5) is 19.6. The fraction of sp³-hybridized carbons (Fsp3) is 0.550. The van der Waals surface area contributed by atoms with Crippen molar-refractivity contribution < 1.29 is 4.79 Å². The largest absolute Gasteiger partial charge is 0.349 e. The van der Waals surface area contributed by atoms with Gasteiger partial charge in [-0.05, 0) is 74.2 Å². The molecule has 2 atom stereocenters. The first-order chi connectivity index (χ1) is 13.9. The van der Waals surface area contributed by atoms with Gasteiger partial charge in [0.1, 0.15) is 5.65 Å². The highest BCUT2D eigenvalue weighted by atomic mass is 16.1. The summed E-state index contributed by atoms with van der Waals surface area (Å²) in [5.41, 5.74) is 2.67. The summed E-state index contributed by atoms with van der Waals surface area (Å²) in [6.45, 7) is 6.11. The van der Waals surface area contributed by atoms with Gasteiger partial charge >= 0.3 is 0 Å². The lowest BCUT2D eigenvalue weighted by atomic mass is 9.91. The number of rotatable bonds is 4. The van der Waals surface area contributed by atoms with E-state index in [1.54, 1.807) is 4.68 Å². The number of carbonyl (C=O) groups is 1. The van der Waals surface area contributed by atoms with Gasteiger partial charge in [0.25, 0.3) is 5.91 Å². The third kappa shape index (κ3) is 3.19. The van der Waals surface area contributed by atoms with Crippen LogP contribution in [0.1, 0.15) is 54.1 Å². The molecule has 2 unspecified atom stereocenters. The Morgan fingerprint density at radius 2 is 2.14 bits per heavy atom. The molecule has 1 spiro atoms. The number of tetrazole rings is 1. The molecule has 0 radical (unpaired) electrons. The normalized spacial score (nSPS) is 22.1. The van der Waals surface area contributed by atoms with Crippen molar-refractivity contribution in [3.05, 3.63) is 41.6 Å². The number of imidazole rings is 1. The van der Waals surface area contributed by atoms with E-state index < -0.39 is 0 Å². The molecule has 1 saturated heterocycles. The predicted molar refractivity (Wildman–Crippen MR) is 106 cm³/mol. The summed E-state index contributed by atoms with van der Waals surface area (Å²) < 4.78 is 3.68. The fourth-order valence-corrected chi connectivity index (χ4v) is 4.71. The van der Waals surface area contributed by atoms with Crippen molar-refractivity contribution >= 4 is 11.6 Å². The Bertz CT molecular complexity index is 1060. The van der Waals surface area contributed by atoms with E-state index in [4.69, 9.17) is 0 Å². The van der Waals surface area contributed by atoms with E-state index in [2.05, 4.69) is 37.6 Å². The monoisotopic (exact) mass is 394 g/mol. The van der Waals surface area contributed by atoms with Crippen molar-refractivity contribution in [1.29, 1.82) is 0 Å². The Morgan fingerprint density at radius 3 is 2.86 bits per heavy atom. The Kier molecular flexibility index (Phi) is 4.16. The summed E-state index contributed by atoms with van der Waals surface area (Å²) in [6.07, 6.45) is 7.10. The summed E-state index contributed by atoms with van der Waals surface area (Å²) in [7, 11) is 1.88. The van der Waals surface area contributed by atoms with Crippen LogP contribution in [-0.4, -0.2) is 59.5 Å². The average molecular weight is 394 g/mol. The maximum Gasteiger partial charge on any atom is 0.251 e. The molecule has 2 aliphatic rings. The van der Waals surface area contributed by atoms with Gasteiger partial charge in [0.2, 0.25) is 0 Å². The number of fused-ring (bicyclic) bond motifs is 1. The molecule has 0 bridgehead atoms. The quantitative estimate of drug-likeness (QED) is 0.721. The number of amides is 1. The van der Waals surface area contributed by atoms with Gasteiger partial charge < -0.3 is 9.72 Å². The molecule has 1 N–H and O–H groups in total. The van der Waals surface area contributed by atoms with Gasteiger partial charge in [-0.25, -0.2) is 9.67 Å². The number of likely N-dealkylation sites (tertiary alicyclic amines) is 1. The molecule has 1 aliphatic heterocycles. The maximum atomic E-state index is 12.8. The molecular weight excluding hydrogens is 368 g/mol. The number of piperidine rings is 1. The zero-order valence-electron chi connectivity index (χ0n) is 17.0. The van der Waals surface area contributed by atoms with Crippen molar-refractivity contribution in [2.45, 2.75) is 45.2 Å². The van der Waals surface area contributed by atoms with Crippen molar-refractivity contribution in [2.24, 2.45) is 12.5 Å². The van der Waals surface area contributed by atoms with Gasteiger partial charge in [0.15, 0.2) is 5.82 Å². The van der Waals surface area contributed by atoms with Crippen LogP contribution in [0.3, 0.4) is 0 Å². The molecule has 4 heterocycles. The molecule has 9 heteroatoms. The number of carbonyl (C=O) groups excluding carboxylic acids is 1. The number of hydrogen-bond donors (Lipinski definition) is 1. The molecule has 9 nitrogen and oxygen atoms in total.